The second kappa shape index (κ2) is 6.27. The number of nitrogens with zero attached hydrogens (tertiary/aromatic N) is 3. The van der Waals surface area contributed by atoms with Gasteiger partial charge in [-0.05, 0) is 6.92 Å². The first-order valence-corrected chi connectivity index (χ1v) is 5.54. The molecule has 0 spiro atoms. The number of carbonyl (C=O) groups is 1. The van der Waals surface area contributed by atoms with Crippen molar-refractivity contribution in [1.29, 1.82) is 0 Å². The number of anilines is 1. The average Bonchev–Trinajstić information content (AvgIpc) is 2.28. The van der Waals surface area contributed by atoms with Gasteiger partial charge in [0.15, 0.2) is 0 Å². The molecule has 7 nitrogen and oxygen atoms in total. The molecule has 0 bridgehead atoms. The quantitative estimate of drug-likeness (QED) is 0.627. The van der Waals surface area contributed by atoms with E-state index >= 15 is 0 Å². The summed E-state index contributed by atoms with van der Waals surface area (Å²) in [4.78, 5) is 20.8. The van der Waals surface area contributed by atoms with Crippen LogP contribution in [0.25, 0.3) is 0 Å². The summed E-state index contributed by atoms with van der Waals surface area (Å²) in [5, 5.41) is 20.9. The fourth-order valence-electron chi connectivity index (χ4n) is 1.36. The third kappa shape index (κ3) is 3.94. The van der Waals surface area contributed by atoms with E-state index in [1.165, 1.54) is 6.92 Å². The Morgan fingerprint density at radius 2 is 2.00 bits per heavy atom. The third-order valence-corrected chi connectivity index (χ3v) is 2.37. The van der Waals surface area contributed by atoms with Gasteiger partial charge >= 0.3 is 5.97 Å². The van der Waals surface area contributed by atoms with Crippen LogP contribution in [0.2, 0.25) is 0 Å². The highest BCUT2D eigenvalue weighted by Crippen LogP contribution is 2.03. The molecule has 1 rings (SSSR count). The summed E-state index contributed by atoms with van der Waals surface area (Å²) in [6.07, 6.45) is 2.27. The molecule has 7 heteroatoms. The van der Waals surface area contributed by atoms with Crippen molar-refractivity contribution in [3.63, 3.8) is 0 Å². The molecule has 0 aliphatic heterocycles. The molecule has 100 valence electrons. The Morgan fingerprint density at radius 1 is 1.44 bits per heavy atom. The molecule has 1 heterocycles. The van der Waals surface area contributed by atoms with Crippen molar-refractivity contribution in [2.45, 2.75) is 25.6 Å². The van der Waals surface area contributed by atoms with E-state index in [9.17, 15) is 9.90 Å². The number of aliphatic hydroxyl groups excluding tert-OH is 1. The molecule has 0 radical (unpaired) electrons. The third-order valence-electron chi connectivity index (χ3n) is 2.37. The second-order valence-corrected chi connectivity index (χ2v) is 4.22. The summed E-state index contributed by atoms with van der Waals surface area (Å²) in [6, 6.07) is -1.00. The second-order valence-electron chi connectivity index (χ2n) is 4.22. The topological polar surface area (TPSA) is 98.6 Å². The molecular formula is C11H18N4O3. The molecule has 0 aliphatic carbocycles. The number of aromatic nitrogens is 2. The zero-order valence-electron chi connectivity index (χ0n) is 10.7. The minimum Gasteiger partial charge on any atom is -0.480 e. The lowest BCUT2D eigenvalue weighted by Gasteiger charge is -2.17. The maximum atomic E-state index is 10.8. The summed E-state index contributed by atoms with van der Waals surface area (Å²) in [6.45, 7) is 1.72. The van der Waals surface area contributed by atoms with Crippen molar-refractivity contribution in [1.82, 2.24) is 15.3 Å². The van der Waals surface area contributed by atoms with E-state index in [1.807, 2.05) is 14.1 Å². The van der Waals surface area contributed by atoms with E-state index in [1.54, 1.807) is 17.3 Å². The summed E-state index contributed by atoms with van der Waals surface area (Å²) < 4.78 is 0. The number of hydrogen-bond acceptors (Lipinski definition) is 6. The zero-order valence-corrected chi connectivity index (χ0v) is 10.7. The van der Waals surface area contributed by atoms with E-state index in [4.69, 9.17) is 5.11 Å². The van der Waals surface area contributed by atoms with Crippen LogP contribution >= 0.6 is 0 Å². The molecule has 0 unspecified atom stereocenters. The molecule has 2 atom stereocenters. The van der Waals surface area contributed by atoms with Crippen LogP contribution in [-0.4, -0.2) is 52.4 Å². The fraction of sp³-hybridized carbons (Fsp3) is 0.545. The lowest BCUT2D eigenvalue weighted by Crippen LogP contribution is -2.44. The lowest BCUT2D eigenvalue weighted by atomic mass is 10.2. The number of carboxylic acids is 1. The maximum absolute atomic E-state index is 10.8. The highest BCUT2D eigenvalue weighted by Gasteiger charge is 2.22. The van der Waals surface area contributed by atoms with Gasteiger partial charge in [0.05, 0.1) is 6.10 Å². The van der Waals surface area contributed by atoms with E-state index in [-0.39, 0.29) is 6.54 Å². The van der Waals surface area contributed by atoms with Crippen LogP contribution in [-0.2, 0) is 11.3 Å². The van der Waals surface area contributed by atoms with E-state index in [2.05, 4.69) is 15.3 Å². The molecule has 0 saturated carbocycles. The van der Waals surface area contributed by atoms with Crippen LogP contribution in [0.3, 0.4) is 0 Å². The van der Waals surface area contributed by atoms with Gasteiger partial charge in [-0.2, -0.15) is 0 Å². The van der Waals surface area contributed by atoms with Crippen molar-refractivity contribution >= 4 is 11.9 Å². The number of aliphatic hydroxyl groups is 1. The zero-order chi connectivity index (χ0) is 13.7. The molecule has 0 amide bonds. The predicted octanol–water partition coefficient (Wildman–Crippen LogP) is -0.534. The fourth-order valence-corrected chi connectivity index (χ4v) is 1.36. The van der Waals surface area contributed by atoms with Gasteiger partial charge < -0.3 is 15.1 Å². The van der Waals surface area contributed by atoms with Gasteiger partial charge in [0, 0.05) is 38.6 Å². The van der Waals surface area contributed by atoms with Gasteiger partial charge in [-0.1, -0.05) is 0 Å². The Balaban J connectivity index is 2.60. The maximum Gasteiger partial charge on any atom is 0.323 e. The van der Waals surface area contributed by atoms with Gasteiger partial charge in [-0.25, -0.2) is 9.97 Å². The highest BCUT2D eigenvalue weighted by molar-refractivity contribution is 5.74. The number of rotatable bonds is 6. The Kier molecular flexibility index (Phi) is 4.99. The molecule has 0 saturated heterocycles. The molecule has 1 aromatic rings. The van der Waals surface area contributed by atoms with Gasteiger partial charge in [0.1, 0.15) is 6.04 Å². The Hall–Kier alpha value is -1.73. The molecule has 0 fully saturated rings. The van der Waals surface area contributed by atoms with Gasteiger partial charge in [0.25, 0.3) is 0 Å². The van der Waals surface area contributed by atoms with Gasteiger partial charge in [-0.3, -0.25) is 10.1 Å². The van der Waals surface area contributed by atoms with Gasteiger partial charge in [0.2, 0.25) is 5.95 Å². The molecule has 3 N–H and O–H groups in total. The van der Waals surface area contributed by atoms with Crippen LogP contribution in [0.1, 0.15) is 12.5 Å². The Bertz CT molecular complexity index is 392. The SMILES string of the molecule is C[C@H](O)[C@H](NCc1cnc(N(C)C)nc1)C(=O)O. The number of carboxylic acid groups (broad SMARTS) is 1. The van der Waals surface area contributed by atoms with Crippen molar-refractivity contribution < 1.29 is 15.0 Å². The first-order chi connectivity index (χ1) is 8.41. The Morgan fingerprint density at radius 3 is 2.39 bits per heavy atom. The summed E-state index contributed by atoms with van der Waals surface area (Å²) in [5.74, 6) is -0.500. The van der Waals surface area contributed by atoms with Crippen molar-refractivity contribution in [3.8, 4) is 0 Å². The first-order valence-electron chi connectivity index (χ1n) is 5.54. The van der Waals surface area contributed by atoms with Crippen LogP contribution in [0.15, 0.2) is 12.4 Å². The van der Waals surface area contributed by atoms with E-state index in [0.717, 1.165) is 5.56 Å². The van der Waals surface area contributed by atoms with Crippen LogP contribution in [0.4, 0.5) is 5.95 Å². The monoisotopic (exact) mass is 254 g/mol. The largest absolute Gasteiger partial charge is 0.480 e. The minimum absolute atomic E-state index is 0.287. The molecule has 0 aliphatic rings. The average molecular weight is 254 g/mol. The van der Waals surface area contributed by atoms with Crippen LogP contribution in [0, 0.1) is 0 Å². The number of nitrogens with one attached hydrogen (secondary N) is 1. The first kappa shape index (κ1) is 14.3. The Labute approximate surface area is 105 Å². The van der Waals surface area contributed by atoms with E-state index < -0.39 is 18.1 Å². The number of hydrogen-bond donors (Lipinski definition) is 3. The van der Waals surface area contributed by atoms with Crippen LogP contribution in [0.5, 0.6) is 0 Å². The molecule has 18 heavy (non-hydrogen) atoms. The van der Waals surface area contributed by atoms with Crippen molar-refractivity contribution in [2.24, 2.45) is 0 Å². The number of aliphatic carboxylic acids is 1. The molecular weight excluding hydrogens is 236 g/mol. The van der Waals surface area contributed by atoms with Crippen LogP contribution < -0.4 is 10.2 Å². The van der Waals surface area contributed by atoms with Crippen molar-refractivity contribution in [2.75, 3.05) is 19.0 Å². The lowest BCUT2D eigenvalue weighted by molar-refractivity contribution is -0.142. The van der Waals surface area contributed by atoms with Gasteiger partial charge in [-0.15, -0.1) is 0 Å². The normalized spacial score (nSPS) is 14.0. The van der Waals surface area contributed by atoms with E-state index in [0.29, 0.717) is 5.95 Å². The van der Waals surface area contributed by atoms with Crippen molar-refractivity contribution in [3.05, 3.63) is 18.0 Å². The predicted molar refractivity (Wildman–Crippen MR) is 66.3 cm³/mol. The highest BCUT2D eigenvalue weighted by atomic mass is 16.4. The molecule has 1 aromatic heterocycles. The smallest absolute Gasteiger partial charge is 0.323 e. The standard InChI is InChI=1S/C11H18N4O3/c1-7(16)9(10(17)18)12-4-8-5-13-11(14-6-8)15(2)3/h5-7,9,12,16H,4H2,1-3H3,(H,17,18)/t7-,9-/m0/s1. The molecule has 0 aromatic carbocycles. The summed E-state index contributed by atoms with van der Waals surface area (Å²) in [7, 11) is 3.67. The summed E-state index contributed by atoms with van der Waals surface area (Å²) >= 11 is 0. The summed E-state index contributed by atoms with van der Waals surface area (Å²) in [5.41, 5.74) is 0.757. The minimum atomic E-state index is -1.09.